The standard InChI is InChI=1S/C21H31N5O4S/c1-5-20(27)24-11-13-25(14-12-24)21(28)10-9-19-22-17-15-16(31(29,30)23(3)4)7-8-18(17)26(19)6-2/h7-8,15H,5-6,9-14H2,1-4H3. The highest BCUT2D eigenvalue weighted by Crippen LogP contribution is 2.23. The van der Waals surface area contributed by atoms with Crippen molar-refractivity contribution < 1.29 is 18.0 Å². The van der Waals surface area contributed by atoms with E-state index >= 15 is 0 Å². The molecule has 1 aliphatic heterocycles. The fourth-order valence-electron chi connectivity index (χ4n) is 3.88. The number of hydrogen-bond donors (Lipinski definition) is 0. The van der Waals surface area contributed by atoms with E-state index in [9.17, 15) is 18.0 Å². The number of imidazole rings is 1. The van der Waals surface area contributed by atoms with Crippen LogP contribution in [0.15, 0.2) is 23.1 Å². The second kappa shape index (κ2) is 9.35. The first-order valence-corrected chi connectivity index (χ1v) is 12.1. The number of hydrogen-bond acceptors (Lipinski definition) is 5. The van der Waals surface area contributed by atoms with Crippen LogP contribution in [0.2, 0.25) is 0 Å². The summed E-state index contributed by atoms with van der Waals surface area (Å²) in [6.07, 6.45) is 1.29. The van der Waals surface area contributed by atoms with Crippen LogP contribution in [-0.4, -0.2) is 84.2 Å². The molecule has 2 aromatic rings. The first-order valence-electron chi connectivity index (χ1n) is 10.7. The molecule has 31 heavy (non-hydrogen) atoms. The Bertz CT molecular complexity index is 1070. The van der Waals surface area contributed by atoms with Crippen LogP contribution < -0.4 is 0 Å². The van der Waals surface area contributed by atoms with Gasteiger partial charge in [0, 0.05) is 66.1 Å². The number of piperazine rings is 1. The molecule has 3 rings (SSSR count). The number of sulfonamides is 1. The lowest BCUT2D eigenvalue weighted by atomic mass is 10.2. The Morgan fingerprint density at radius 2 is 1.65 bits per heavy atom. The van der Waals surface area contributed by atoms with Crippen molar-refractivity contribution in [2.45, 2.75) is 44.6 Å². The van der Waals surface area contributed by atoms with Crippen molar-refractivity contribution in [3.63, 3.8) is 0 Å². The number of amides is 2. The van der Waals surface area contributed by atoms with Crippen LogP contribution in [0.1, 0.15) is 32.5 Å². The molecule has 0 radical (unpaired) electrons. The zero-order chi connectivity index (χ0) is 22.8. The van der Waals surface area contributed by atoms with Gasteiger partial charge in [0.05, 0.1) is 15.9 Å². The van der Waals surface area contributed by atoms with Crippen molar-refractivity contribution in [1.82, 2.24) is 23.7 Å². The minimum atomic E-state index is -3.54. The van der Waals surface area contributed by atoms with Crippen molar-refractivity contribution in [3.8, 4) is 0 Å². The summed E-state index contributed by atoms with van der Waals surface area (Å²) in [4.78, 5) is 32.9. The summed E-state index contributed by atoms with van der Waals surface area (Å²) in [5.74, 6) is 0.943. The van der Waals surface area contributed by atoms with Crippen LogP contribution in [0, 0.1) is 0 Å². The smallest absolute Gasteiger partial charge is 0.242 e. The van der Waals surface area contributed by atoms with E-state index in [0.29, 0.717) is 57.5 Å². The fraction of sp³-hybridized carbons (Fsp3) is 0.571. The van der Waals surface area contributed by atoms with E-state index in [4.69, 9.17) is 0 Å². The van der Waals surface area contributed by atoms with Gasteiger partial charge in [-0.05, 0) is 25.1 Å². The van der Waals surface area contributed by atoms with E-state index in [2.05, 4.69) is 4.98 Å². The maximum absolute atomic E-state index is 12.7. The molecule has 1 aliphatic rings. The Hall–Kier alpha value is -2.46. The van der Waals surface area contributed by atoms with Gasteiger partial charge in [-0.3, -0.25) is 9.59 Å². The summed E-state index contributed by atoms with van der Waals surface area (Å²) in [7, 11) is -0.538. The van der Waals surface area contributed by atoms with Crippen molar-refractivity contribution in [1.29, 1.82) is 0 Å². The number of nitrogens with zero attached hydrogens (tertiary/aromatic N) is 5. The number of aryl methyl sites for hydroxylation is 2. The Kier molecular flexibility index (Phi) is 7.00. The molecule has 0 bridgehead atoms. The molecule has 0 unspecified atom stereocenters. The molecule has 1 saturated heterocycles. The van der Waals surface area contributed by atoms with Crippen molar-refractivity contribution in [2.24, 2.45) is 0 Å². The molecular formula is C21H31N5O4S. The SMILES string of the molecule is CCC(=O)N1CCN(C(=O)CCc2nc3cc(S(=O)(=O)N(C)C)ccc3n2CC)CC1. The van der Waals surface area contributed by atoms with Crippen LogP contribution >= 0.6 is 0 Å². The van der Waals surface area contributed by atoms with Crippen molar-refractivity contribution in [3.05, 3.63) is 24.0 Å². The molecule has 9 nitrogen and oxygen atoms in total. The van der Waals surface area contributed by atoms with Gasteiger partial charge in [-0.2, -0.15) is 0 Å². The van der Waals surface area contributed by atoms with Gasteiger partial charge in [-0.15, -0.1) is 0 Å². The number of carbonyl (C=O) groups is 2. The van der Waals surface area contributed by atoms with Gasteiger partial charge in [0.1, 0.15) is 5.82 Å². The predicted molar refractivity (Wildman–Crippen MR) is 118 cm³/mol. The van der Waals surface area contributed by atoms with Gasteiger partial charge in [0.25, 0.3) is 0 Å². The average Bonchev–Trinajstić information content (AvgIpc) is 3.13. The first kappa shape index (κ1) is 23.2. The average molecular weight is 450 g/mol. The molecule has 0 N–H and O–H groups in total. The summed E-state index contributed by atoms with van der Waals surface area (Å²) in [5, 5.41) is 0. The normalized spacial score (nSPS) is 15.1. The fourth-order valence-corrected chi connectivity index (χ4v) is 4.80. The largest absolute Gasteiger partial charge is 0.339 e. The molecule has 0 saturated carbocycles. The molecule has 0 aliphatic carbocycles. The molecule has 10 heteroatoms. The summed E-state index contributed by atoms with van der Waals surface area (Å²) in [6, 6.07) is 4.96. The number of fused-ring (bicyclic) bond motifs is 1. The zero-order valence-electron chi connectivity index (χ0n) is 18.7. The molecule has 0 atom stereocenters. The van der Waals surface area contributed by atoms with E-state index in [1.54, 1.807) is 28.0 Å². The van der Waals surface area contributed by atoms with Crippen LogP contribution in [0.5, 0.6) is 0 Å². The van der Waals surface area contributed by atoms with Crippen LogP contribution in [0.25, 0.3) is 11.0 Å². The number of aromatic nitrogens is 2. The molecule has 1 fully saturated rings. The van der Waals surface area contributed by atoms with Gasteiger partial charge in [0.2, 0.25) is 21.8 Å². The molecule has 1 aromatic carbocycles. The minimum absolute atomic E-state index is 0.0502. The monoisotopic (exact) mass is 449 g/mol. The Balaban J connectivity index is 1.71. The number of rotatable bonds is 7. The third kappa shape index (κ3) is 4.74. The summed E-state index contributed by atoms with van der Waals surface area (Å²) >= 11 is 0. The highest BCUT2D eigenvalue weighted by atomic mass is 32.2. The van der Waals surface area contributed by atoms with Crippen molar-refractivity contribution in [2.75, 3.05) is 40.3 Å². The lowest BCUT2D eigenvalue weighted by Gasteiger charge is -2.34. The van der Waals surface area contributed by atoms with E-state index in [1.807, 2.05) is 18.4 Å². The van der Waals surface area contributed by atoms with Crippen molar-refractivity contribution >= 4 is 32.9 Å². The third-order valence-electron chi connectivity index (χ3n) is 5.74. The van der Waals surface area contributed by atoms with E-state index in [-0.39, 0.29) is 16.7 Å². The lowest BCUT2D eigenvalue weighted by molar-refractivity contribution is -0.139. The zero-order valence-corrected chi connectivity index (χ0v) is 19.5. The second-order valence-electron chi connectivity index (χ2n) is 7.83. The molecule has 1 aromatic heterocycles. The quantitative estimate of drug-likeness (QED) is 0.635. The van der Waals surface area contributed by atoms with Gasteiger partial charge in [-0.1, -0.05) is 6.92 Å². The van der Waals surface area contributed by atoms with Gasteiger partial charge in [-0.25, -0.2) is 17.7 Å². The Morgan fingerprint density at radius 3 is 2.19 bits per heavy atom. The van der Waals surface area contributed by atoms with E-state index < -0.39 is 10.0 Å². The van der Waals surface area contributed by atoms with E-state index in [1.165, 1.54) is 18.4 Å². The highest BCUT2D eigenvalue weighted by molar-refractivity contribution is 7.89. The molecule has 2 amide bonds. The predicted octanol–water partition coefficient (Wildman–Crippen LogP) is 1.32. The molecule has 170 valence electrons. The summed E-state index contributed by atoms with van der Waals surface area (Å²) < 4.78 is 28.1. The molecule has 0 spiro atoms. The first-order chi connectivity index (χ1) is 14.7. The van der Waals surface area contributed by atoms with Gasteiger partial charge in [0.15, 0.2) is 0 Å². The topological polar surface area (TPSA) is 95.8 Å². The van der Waals surface area contributed by atoms with E-state index in [0.717, 1.165) is 11.3 Å². The Morgan fingerprint density at radius 1 is 1.03 bits per heavy atom. The lowest BCUT2D eigenvalue weighted by Crippen LogP contribution is -2.50. The minimum Gasteiger partial charge on any atom is -0.339 e. The van der Waals surface area contributed by atoms with Gasteiger partial charge >= 0.3 is 0 Å². The second-order valence-corrected chi connectivity index (χ2v) is 9.98. The maximum Gasteiger partial charge on any atom is 0.242 e. The van der Waals surface area contributed by atoms with Crippen LogP contribution in [-0.2, 0) is 32.6 Å². The third-order valence-corrected chi connectivity index (χ3v) is 7.55. The number of carbonyl (C=O) groups excluding carboxylic acids is 2. The Labute approximate surface area is 183 Å². The summed E-state index contributed by atoms with van der Waals surface area (Å²) in [6.45, 7) is 6.79. The van der Waals surface area contributed by atoms with Gasteiger partial charge < -0.3 is 14.4 Å². The maximum atomic E-state index is 12.7. The summed E-state index contributed by atoms with van der Waals surface area (Å²) in [5.41, 5.74) is 1.47. The van der Waals surface area contributed by atoms with Crippen LogP contribution in [0.3, 0.4) is 0 Å². The molecular weight excluding hydrogens is 418 g/mol. The highest BCUT2D eigenvalue weighted by Gasteiger charge is 2.24. The molecule has 2 heterocycles. The van der Waals surface area contributed by atoms with Crippen LogP contribution in [0.4, 0.5) is 0 Å². The number of benzene rings is 1.